The molecule has 2 heterocycles. The minimum Gasteiger partial charge on any atom is -0.244 e. The summed E-state index contributed by atoms with van der Waals surface area (Å²) >= 11 is 7.56. The smallest absolute Gasteiger partial charge is 0.209 e. The number of hydrogen-bond donors (Lipinski definition) is 0. The molecule has 0 N–H and O–H groups in total. The lowest BCUT2D eigenvalue weighted by atomic mass is 10.3. The Labute approximate surface area is 125 Å². The van der Waals surface area contributed by atoms with Crippen LogP contribution in [0.5, 0.6) is 0 Å². The normalized spacial score (nSPS) is 10.7. The van der Waals surface area contributed by atoms with E-state index in [0.29, 0.717) is 16.1 Å². The number of pyridine rings is 1. The Bertz CT molecular complexity index is 699. The van der Waals surface area contributed by atoms with Crippen molar-refractivity contribution >= 4 is 23.4 Å². The van der Waals surface area contributed by atoms with Crippen LogP contribution in [-0.4, -0.2) is 19.7 Å². The number of rotatable bonds is 4. The summed E-state index contributed by atoms with van der Waals surface area (Å²) in [4.78, 5) is 8.34. The molecule has 0 saturated heterocycles. The Hall–Kier alpha value is -1.85. The van der Waals surface area contributed by atoms with Gasteiger partial charge in [-0.3, -0.25) is 0 Å². The van der Waals surface area contributed by atoms with Crippen molar-refractivity contribution in [3.63, 3.8) is 0 Å². The minimum atomic E-state index is 0.530. The van der Waals surface area contributed by atoms with Crippen molar-refractivity contribution in [2.45, 2.75) is 10.9 Å². The molecule has 20 heavy (non-hydrogen) atoms. The van der Waals surface area contributed by atoms with E-state index in [1.54, 1.807) is 17.2 Å². The van der Waals surface area contributed by atoms with Crippen LogP contribution in [0, 0.1) is 0 Å². The van der Waals surface area contributed by atoms with E-state index in [1.165, 1.54) is 11.8 Å². The van der Waals surface area contributed by atoms with Gasteiger partial charge in [-0.1, -0.05) is 47.6 Å². The van der Waals surface area contributed by atoms with Crippen molar-refractivity contribution in [1.29, 1.82) is 0 Å². The molecular weight excluding hydrogens is 292 g/mol. The topological polar surface area (TPSA) is 43.6 Å². The Balaban J connectivity index is 1.71. The molecule has 0 fully saturated rings. The van der Waals surface area contributed by atoms with Gasteiger partial charge in [0.05, 0.1) is 5.69 Å². The van der Waals surface area contributed by atoms with Gasteiger partial charge in [-0.15, -0.1) is 5.10 Å². The second-order valence-electron chi connectivity index (χ2n) is 4.05. The van der Waals surface area contributed by atoms with E-state index < -0.39 is 0 Å². The van der Waals surface area contributed by atoms with E-state index in [4.69, 9.17) is 11.6 Å². The van der Waals surface area contributed by atoms with Crippen LogP contribution in [-0.2, 0) is 5.75 Å². The maximum Gasteiger partial charge on any atom is 0.209 e. The summed E-state index contributed by atoms with van der Waals surface area (Å²) in [6.07, 6.45) is 3.39. The quantitative estimate of drug-likeness (QED) is 0.545. The highest BCUT2D eigenvalue weighted by Gasteiger charge is 2.06. The fraction of sp³-hybridized carbons (Fsp3) is 0.0714. The average molecular weight is 303 g/mol. The fourth-order valence-corrected chi connectivity index (χ4v) is 2.74. The van der Waals surface area contributed by atoms with Gasteiger partial charge >= 0.3 is 0 Å². The van der Waals surface area contributed by atoms with Gasteiger partial charge in [-0.2, -0.15) is 0 Å². The third-order valence-corrected chi connectivity index (χ3v) is 3.93. The van der Waals surface area contributed by atoms with Gasteiger partial charge in [0.1, 0.15) is 11.5 Å². The van der Waals surface area contributed by atoms with Crippen molar-refractivity contribution in [2.75, 3.05) is 0 Å². The summed E-state index contributed by atoms with van der Waals surface area (Å²) < 4.78 is 1.76. The van der Waals surface area contributed by atoms with Crippen LogP contribution in [0.2, 0.25) is 5.15 Å². The lowest BCUT2D eigenvalue weighted by molar-refractivity contribution is 0.834. The van der Waals surface area contributed by atoms with E-state index in [1.807, 2.05) is 42.5 Å². The first-order valence-electron chi connectivity index (χ1n) is 6.02. The van der Waals surface area contributed by atoms with Crippen molar-refractivity contribution in [3.8, 4) is 5.69 Å². The number of nitrogens with zero attached hydrogens (tertiary/aromatic N) is 4. The molecule has 0 aliphatic heterocycles. The van der Waals surface area contributed by atoms with Crippen molar-refractivity contribution in [3.05, 3.63) is 65.7 Å². The fourth-order valence-electron chi connectivity index (χ4n) is 1.69. The Morgan fingerprint density at radius 2 is 1.90 bits per heavy atom. The van der Waals surface area contributed by atoms with Crippen LogP contribution in [0.3, 0.4) is 0 Å². The van der Waals surface area contributed by atoms with Crippen molar-refractivity contribution in [1.82, 2.24) is 19.7 Å². The Morgan fingerprint density at radius 1 is 1.05 bits per heavy atom. The predicted molar refractivity (Wildman–Crippen MR) is 80.2 cm³/mol. The lowest BCUT2D eigenvalue weighted by Gasteiger charge is -2.00. The molecule has 3 aromatic rings. The highest BCUT2D eigenvalue weighted by atomic mass is 35.5. The maximum atomic E-state index is 6.02. The minimum absolute atomic E-state index is 0.530. The van der Waals surface area contributed by atoms with Crippen LogP contribution < -0.4 is 0 Å². The molecule has 100 valence electrons. The Kier molecular flexibility index (Phi) is 3.99. The molecule has 0 unspecified atom stereocenters. The second-order valence-corrected chi connectivity index (χ2v) is 5.35. The molecule has 1 aromatic carbocycles. The van der Waals surface area contributed by atoms with E-state index in [9.17, 15) is 0 Å². The number of benzene rings is 1. The molecule has 0 bridgehead atoms. The van der Waals surface area contributed by atoms with Gasteiger partial charge in [-0.05, 0) is 23.8 Å². The molecule has 0 aliphatic rings. The standard InChI is InChI=1S/C14H11ClN4S/c15-13-11(5-4-8-16-13)9-20-14-17-10-19(18-14)12-6-2-1-3-7-12/h1-8,10H,9H2. The van der Waals surface area contributed by atoms with Crippen molar-refractivity contribution < 1.29 is 0 Å². The lowest BCUT2D eigenvalue weighted by Crippen LogP contribution is -1.93. The predicted octanol–water partition coefficient (Wildman–Crippen LogP) is 3.61. The Morgan fingerprint density at radius 3 is 2.70 bits per heavy atom. The van der Waals surface area contributed by atoms with Crippen LogP contribution in [0.4, 0.5) is 0 Å². The molecule has 0 saturated carbocycles. The highest BCUT2D eigenvalue weighted by molar-refractivity contribution is 7.98. The van der Waals surface area contributed by atoms with E-state index in [-0.39, 0.29) is 0 Å². The number of thioether (sulfide) groups is 1. The van der Waals surface area contributed by atoms with Gasteiger partial charge in [0.25, 0.3) is 0 Å². The average Bonchev–Trinajstić information content (AvgIpc) is 2.96. The zero-order valence-corrected chi connectivity index (χ0v) is 12.1. The van der Waals surface area contributed by atoms with Gasteiger partial charge in [0.2, 0.25) is 5.16 Å². The van der Waals surface area contributed by atoms with Crippen LogP contribution in [0.15, 0.2) is 60.1 Å². The van der Waals surface area contributed by atoms with Gasteiger partial charge in [0, 0.05) is 11.9 Å². The zero-order valence-electron chi connectivity index (χ0n) is 10.5. The van der Waals surface area contributed by atoms with E-state index in [2.05, 4.69) is 15.1 Å². The van der Waals surface area contributed by atoms with Crippen LogP contribution >= 0.6 is 23.4 Å². The first-order chi connectivity index (χ1) is 9.83. The molecule has 6 heteroatoms. The third kappa shape index (κ3) is 3.00. The van der Waals surface area contributed by atoms with Crippen LogP contribution in [0.25, 0.3) is 5.69 Å². The molecule has 0 radical (unpaired) electrons. The summed E-state index contributed by atoms with van der Waals surface area (Å²) in [7, 11) is 0. The van der Waals surface area contributed by atoms with Gasteiger partial charge < -0.3 is 0 Å². The molecule has 0 aliphatic carbocycles. The summed E-state index contributed by atoms with van der Waals surface area (Å²) in [6, 6.07) is 13.7. The van der Waals surface area contributed by atoms with Crippen LogP contribution in [0.1, 0.15) is 5.56 Å². The van der Waals surface area contributed by atoms with Gasteiger partial charge in [-0.25, -0.2) is 14.6 Å². The summed E-state index contributed by atoms with van der Waals surface area (Å²) in [5.41, 5.74) is 1.97. The first-order valence-corrected chi connectivity index (χ1v) is 7.38. The SMILES string of the molecule is Clc1ncccc1CSc1ncn(-c2ccccc2)n1. The second kappa shape index (κ2) is 6.07. The molecule has 0 atom stereocenters. The van der Waals surface area contributed by atoms with Crippen molar-refractivity contribution in [2.24, 2.45) is 0 Å². The third-order valence-electron chi connectivity index (χ3n) is 2.68. The number of para-hydroxylation sites is 1. The monoisotopic (exact) mass is 302 g/mol. The van der Waals surface area contributed by atoms with E-state index in [0.717, 1.165) is 11.3 Å². The summed E-state index contributed by atoms with van der Waals surface area (Å²) in [5, 5.41) is 5.68. The number of hydrogen-bond acceptors (Lipinski definition) is 4. The highest BCUT2D eigenvalue weighted by Crippen LogP contribution is 2.23. The first kappa shape index (κ1) is 13.1. The summed E-state index contributed by atoms with van der Waals surface area (Å²) in [5.74, 6) is 0.700. The van der Waals surface area contributed by atoms with E-state index >= 15 is 0 Å². The number of halogens is 1. The molecule has 2 aromatic heterocycles. The molecule has 4 nitrogen and oxygen atoms in total. The zero-order chi connectivity index (χ0) is 13.8. The number of aromatic nitrogens is 4. The molecule has 0 spiro atoms. The maximum absolute atomic E-state index is 6.02. The summed E-state index contributed by atoms with van der Waals surface area (Å²) in [6.45, 7) is 0. The molecule has 3 rings (SSSR count). The molecule has 0 amide bonds. The molecular formula is C14H11ClN4S. The largest absolute Gasteiger partial charge is 0.244 e. The van der Waals surface area contributed by atoms with Gasteiger partial charge in [0.15, 0.2) is 0 Å².